The number of nitrogens with zero attached hydrogens (tertiary/aromatic N) is 3. The van der Waals surface area contributed by atoms with Crippen LogP contribution < -0.4 is 0 Å². The van der Waals surface area contributed by atoms with Crippen molar-refractivity contribution in [2.24, 2.45) is 0 Å². The Morgan fingerprint density at radius 3 is 2.36 bits per heavy atom. The van der Waals surface area contributed by atoms with Crippen LogP contribution in [-0.4, -0.2) is 58.2 Å². The normalized spacial score (nSPS) is 18.8. The second kappa shape index (κ2) is 8.17. The minimum absolute atomic E-state index is 0.118. The quantitative estimate of drug-likeness (QED) is 0.579. The van der Waals surface area contributed by atoms with Crippen molar-refractivity contribution in [2.45, 2.75) is 51.6 Å². The standard InChI is InChI=1S/C22H29N3O3/c1-17(2)8-7-11-19(26)24-14-12-22(13-15-24)20(27)23(3)21(28)25(22)16-18-9-5-4-6-10-18/h4-6,8-10H,7,11-16H2,1-3H3. The van der Waals surface area contributed by atoms with Crippen molar-refractivity contribution in [1.82, 2.24) is 14.7 Å². The molecule has 0 atom stereocenters. The van der Waals surface area contributed by atoms with E-state index in [1.54, 1.807) is 11.9 Å². The van der Waals surface area contributed by atoms with Gasteiger partial charge in [-0.15, -0.1) is 0 Å². The molecule has 2 heterocycles. The Morgan fingerprint density at radius 1 is 1.11 bits per heavy atom. The van der Waals surface area contributed by atoms with E-state index >= 15 is 0 Å². The largest absolute Gasteiger partial charge is 0.342 e. The van der Waals surface area contributed by atoms with Crippen LogP contribution in [-0.2, 0) is 16.1 Å². The Labute approximate surface area is 166 Å². The van der Waals surface area contributed by atoms with E-state index in [2.05, 4.69) is 6.08 Å². The van der Waals surface area contributed by atoms with Crippen LogP contribution in [0.25, 0.3) is 0 Å². The summed E-state index contributed by atoms with van der Waals surface area (Å²) >= 11 is 0. The summed E-state index contributed by atoms with van der Waals surface area (Å²) in [6.45, 7) is 5.47. The second-order valence-corrected chi connectivity index (χ2v) is 7.95. The van der Waals surface area contributed by atoms with Crippen LogP contribution >= 0.6 is 0 Å². The van der Waals surface area contributed by atoms with E-state index in [9.17, 15) is 14.4 Å². The van der Waals surface area contributed by atoms with Crippen molar-refractivity contribution < 1.29 is 14.4 Å². The summed E-state index contributed by atoms with van der Waals surface area (Å²) in [7, 11) is 1.55. The summed E-state index contributed by atoms with van der Waals surface area (Å²) in [5.41, 5.74) is 1.37. The highest BCUT2D eigenvalue weighted by Crippen LogP contribution is 2.38. The predicted molar refractivity (Wildman–Crippen MR) is 107 cm³/mol. The maximum absolute atomic E-state index is 13.0. The first-order valence-corrected chi connectivity index (χ1v) is 9.90. The van der Waals surface area contributed by atoms with Crippen molar-refractivity contribution in [3.05, 3.63) is 47.5 Å². The van der Waals surface area contributed by atoms with Crippen LogP contribution in [0.15, 0.2) is 42.0 Å². The monoisotopic (exact) mass is 383 g/mol. The van der Waals surface area contributed by atoms with Gasteiger partial charge in [0.25, 0.3) is 5.91 Å². The number of piperidine rings is 1. The number of rotatable bonds is 5. The summed E-state index contributed by atoms with van der Waals surface area (Å²) in [6.07, 6.45) is 4.27. The molecule has 28 heavy (non-hydrogen) atoms. The van der Waals surface area contributed by atoms with Crippen molar-refractivity contribution in [2.75, 3.05) is 20.1 Å². The molecule has 0 saturated carbocycles. The number of carbonyl (C=O) groups is 3. The first-order chi connectivity index (χ1) is 13.3. The van der Waals surface area contributed by atoms with E-state index in [-0.39, 0.29) is 17.8 Å². The highest BCUT2D eigenvalue weighted by Gasteiger charge is 2.56. The van der Waals surface area contributed by atoms with Crippen LogP contribution in [0.2, 0.25) is 0 Å². The van der Waals surface area contributed by atoms with E-state index in [1.165, 1.54) is 10.5 Å². The molecule has 2 aliphatic rings. The summed E-state index contributed by atoms with van der Waals surface area (Å²) < 4.78 is 0. The fraction of sp³-hybridized carbons (Fsp3) is 0.500. The predicted octanol–water partition coefficient (Wildman–Crippen LogP) is 3.19. The number of likely N-dealkylation sites (N-methyl/N-ethyl adjacent to an activating group) is 1. The fourth-order valence-corrected chi connectivity index (χ4v) is 4.12. The second-order valence-electron chi connectivity index (χ2n) is 7.95. The Morgan fingerprint density at radius 2 is 1.75 bits per heavy atom. The molecule has 0 unspecified atom stereocenters. The molecule has 0 bridgehead atoms. The Bertz CT molecular complexity index is 775. The third kappa shape index (κ3) is 3.81. The Kier molecular flexibility index (Phi) is 5.87. The fourth-order valence-electron chi connectivity index (χ4n) is 4.12. The number of amides is 4. The number of allylic oxidation sites excluding steroid dienone is 2. The summed E-state index contributed by atoms with van der Waals surface area (Å²) in [6, 6.07) is 9.47. The number of hydrogen-bond donors (Lipinski definition) is 0. The van der Waals surface area contributed by atoms with Crippen molar-refractivity contribution in [3.8, 4) is 0 Å². The smallest absolute Gasteiger partial charge is 0.327 e. The molecule has 4 amide bonds. The lowest BCUT2D eigenvalue weighted by Crippen LogP contribution is -2.57. The molecule has 2 saturated heterocycles. The number of urea groups is 1. The van der Waals surface area contributed by atoms with Gasteiger partial charge < -0.3 is 9.80 Å². The molecule has 0 N–H and O–H groups in total. The molecule has 6 heteroatoms. The van der Waals surface area contributed by atoms with Gasteiger partial charge in [0.05, 0.1) is 0 Å². The Hall–Kier alpha value is -2.63. The molecule has 150 valence electrons. The maximum atomic E-state index is 13.0. The third-order valence-electron chi connectivity index (χ3n) is 5.77. The van der Waals surface area contributed by atoms with Gasteiger partial charge in [-0.05, 0) is 38.7 Å². The molecule has 0 aliphatic carbocycles. The number of benzene rings is 1. The third-order valence-corrected chi connectivity index (χ3v) is 5.77. The first-order valence-electron chi connectivity index (χ1n) is 9.90. The molecule has 1 spiro atoms. The summed E-state index contributed by atoms with van der Waals surface area (Å²) in [5, 5.41) is 0. The maximum Gasteiger partial charge on any atom is 0.327 e. The number of imide groups is 1. The Balaban J connectivity index is 1.71. The van der Waals surface area contributed by atoms with Crippen molar-refractivity contribution >= 4 is 17.8 Å². The van der Waals surface area contributed by atoms with E-state index in [0.717, 1.165) is 12.0 Å². The van der Waals surface area contributed by atoms with Gasteiger partial charge in [-0.3, -0.25) is 14.5 Å². The van der Waals surface area contributed by atoms with E-state index in [1.807, 2.05) is 49.1 Å². The van der Waals surface area contributed by atoms with Gasteiger partial charge in [0.2, 0.25) is 5.91 Å². The van der Waals surface area contributed by atoms with Crippen LogP contribution in [0.5, 0.6) is 0 Å². The minimum Gasteiger partial charge on any atom is -0.342 e. The molecule has 1 aromatic rings. The summed E-state index contributed by atoms with van der Waals surface area (Å²) in [5.74, 6) is -0.0304. The van der Waals surface area contributed by atoms with E-state index < -0.39 is 5.54 Å². The number of carbonyl (C=O) groups excluding carboxylic acids is 3. The molecule has 1 aromatic carbocycles. The molecule has 0 radical (unpaired) electrons. The van der Waals surface area contributed by atoms with Crippen LogP contribution in [0.3, 0.4) is 0 Å². The first kappa shape index (κ1) is 20.1. The van der Waals surface area contributed by atoms with E-state index in [4.69, 9.17) is 0 Å². The highest BCUT2D eigenvalue weighted by atomic mass is 16.2. The minimum atomic E-state index is -0.835. The number of likely N-dealkylation sites (tertiary alicyclic amines) is 1. The molecule has 2 fully saturated rings. The lowest BCUT2D eigenvalue weighted by atomic mass is 9.85. The van der Waals surface area contributed by atoms with Gasteiger partial charge in [-0.25, -0.2) is 4.79 Å². The van der Waals surface area contributed by atoms with Crippen LogP contribution in [0.1, 0.15) is 45.1 Å². The van der Waals surface area contributed by atoms with Gasteiger partial charge in [0.1, 0.15) is 5.54 Å². The molecule has 3 rings (SSSR count). The van der Waals surface area contributed by atoms with Gasteiger partial charge in [-0.1, -0.05) is 42.0 Å². The topological polar surface area (TPSA) is 60.9 Å². The molecule has 6 nitrogen and oxygen atoms in total. The average Bonchev–Trinajstić information content (AvgIpc) is 2.85. The number of hydrogen-bond acceptors (Lipinski definition) is 3. The molecule has 2 aliphatic heterocycles. The summed E-state index contributed by atoms with van der Waals surface area (Å²) in [4.78, 5) is 43.0. The zero-order valence-electron chi connectivity index (χ0n) is 17.0. The average molecular weight is 383 g/mol. The zero-order chi connectivity index (χ0) is 20.3. The van der Waals surface area contributed by atoms with Crippen molar-refractivity contribution in [1.29, 1.82) is 0 Å². The molecular formula is C22H29N3O3. The SMILES string of the molecule is CC(C)=CCCC(=O)N1CCC2(CC1)C(=O)N(C)C(=O)N2Cc1ccccc1. The lowest BCUT2D eigenvalue weighted by molar-refractivity contribution is -0.140. The van der Waals surface area contributed by atoms with Gasteiger partial charge in [-0.2, -0.15) is 0 Å². The van der Waals surface area contributed by atoms with Crippen LogP contribution in [0, 0.1) is 0 Å². The molecule has 0 aromatic heterocycles. The van der Waals surface area contributed by atoms with Gasteiger partial charge in [0, 0.05) is 33.1 Å². The van der Waals surface area contributed by atoms with Crippen molar-refractivity contribution in [3.63, 3.8) is 0 Å². The van der Waals surface area contributed by atoms with E-state index in [0.29, 0.717) is 38.9 Å². The van der Waals surface area contributed by atoms with Crippen LogP contribution in [0.4, 0.5) is 4.79 Å². The molecular weight excluding hydrogens is 354 g/mol. The highest BCUT2D eigenvalue weighted by molar-refractivity contribution is 6.06. The van der Waals surface area contributed by atoms with Gasteiger partial charge >= 0.3 is 6.03 Å². The lowest BCUT2D eigenvalue weighted by Gasteiger charge is -2.42. The zero-order valence-corrected chi connectivity index (χ0v) is 17.0. The van der Waals surface area contributed by atoms with Gasteiger partial charge in [0.15, 0.2) is 0 Å².